The van der Waals surface area contributed by atoms with E-state index in [4.69, 9.17) is 4.74 Å². The van der Waals surface area contributed by atoms with E-state index in [1.54, 1.807) is 31.4 Å². The van der Waals surface area contributed by atoms with Gasteiger partial charge >= 0.3 is 6.03 Å². The molecule has 7 nitrogen and oxygen atoms in total. The van der Waals surface area contributed by atoms with Gasteiger partial charge in [0.1, 0.15) is 5.75 Å². The van der Waals surface area contributed by atoms with Crippen molar-refractivity contribution in [1.29, 1.82) is 0 Å². The number of carbonyl (C=O) groups is 1. The number of rotatable bonds is 7. The predicted molar refractivity (Wildman–Crippen MR) is 101 cm³/mol. The maximum atomic E-state index is 12.7. The van der Waals surface area contributed by atoms with Crippen LogP contribution in [0.2, 0.25) is 0 Å². The first-order valence-electron chi connectivity index (χ1n) is 9.01. The molecule has 1 aliphatic heterocycles. The zero-order valence-corrected chi connectivity index (χ0v) is 16.5. The van der Waals surface area contributed by atoms with Crippen molar-refractivity contribution in [3.63, 3.8) is 0 Å². The van der Waals surface area contributed by atoms with E-state index in [-0.39, 0.29) is 17.0 Å². The third-order valence-corrected chi connectivity index (χ3v) is 6.41. The Morgan fingerprint density at radius 2 is 1.85 bits per heavy atom. The van der Waals surface area contributed by atoms with Crippen LogP contribution in [0.3, 0.4) is 0 Å². The highest BCUT2D eigenvalue weighted by Gasteiger charge is 2.29. The molecule has 2 N–H and O–H groups in total. The molecule has 0 aromatic heterocycles. The van der Waals surface area contributed by atoms with Crippen LogP contribution in [0.15, 0.2) is 29.2 Å². The van der Waals surface area contributed by atoms with Crippen molar-refractivity contribution in [1.82, 2.24) is 14.9 Å². The molecule has 146 valence electrons. The highest BCUT2D eigenvalue weighted by Crippen LogP contribution is 2.22. The van der Waals surface area contributed by atoms with Crippen LogP contribution in [-0.4, -0.2) is 51.5 Å². The van der Waals surface area contributed by atoms with Gasteiger partial charge in [0.05, 0.1) is 12.0 Å². The van der Waals surface area contributed by atoms with E-state index in [0.29, 0.717) is 44.1 Å². The minimum absolute atomic E-state index is 0.00336. The number of ether oxygens (including phenoxy) is 1. The molecule has 0 unspecified atom stereocenters. The zero-order valence-electron chi connectivity index (χ0n) is 15.7. The molecule has 0 radical (unpaired) electrons. The third-order valence-electron chi connectivity index (χ3n) is 4.49. The van der Waals surface area contributed by atoms with E-state index in [0.717, 1.165) is 6.42 Å². The minimum Gasteiger partial charge on any atom is -0.497 e. The summed E-state index contributed by atoms with van der Waals surface area (Å²) < 4.78 is 32.0. The van der Waals surface area contributed by atoms with Gasteiger partial charge in [-0.1, -0.05) is 13.8 Å². The zero-order chi connectivity index (χ0) is 19.2. The van der Waals surface area contributed by atoms with Gasteiger partial charge in [-0.05, 0) is 49.4 Å². The molecular formula is C18H29N3O4S. The van der Waals surface area contributed by atoms with Crippen LogP contribution in [0.5, 0.6) is 5.75 Å². The first kappa shape index (κ1) is 20.5. The van der Waals surface area contributed by atoms with Crippen molar-refractivity contribution in [2.24, 2.45) is 5.92 Å². The van der Waals surface area contributed by atoms with Gasteiger partial charge in [-0.3, -0.25) is 0 Å². The minimum atomic E-state index is -3.51. The normalized spacial score (nSPS) is 16.5. The summed E-state index contributed by atoms with van der Waals surface area (Å²) in [4.78, 5) is 12.1. The lowest BCUT2D eigenvalue weighted by atomic mass is 10.1. The first-order chi connectivity index (χ1) is 12.3. The van der Waals surface area contributed by atoms with Gasteiger partial charge in [0.15, 0.2) is 0 Å². The number of piperidine rings is 1. The topological polar surface area (TPSA) is 87.7 Å². The van der Waals surface area contributed by atoms with E-state index in [1.807, 2.05) is 0 Å². The Hall–Kier alpha value is -1.80. The van der Waals surface area contributed by atoms with Crippen LogP contribution in [0, 0.1) is 5.92 Å². The molecule has 1 aliphatic rings. The molecule has 0 atom stereocenters. The Balaban J connectivity index is 1.84. The molecule has 1 heterocycles. The van der Waals surface area contributed by atoms with Gasteiger partial charge in [0, 0.05) is 25.7 Å². The fraction of sp³-hybridized carbons (Fsp3) is 0.611. The van der Waals surface area contributed by atoms with Crippen LogP contribution in [0.4, 0.5) is 4.79 Å². The molecule has 1 aromatic rings. The molecule has 2 rings (SSSR count). The van der Waals surface area contributed by atoms with Gasteiger partial charge in [-0.25, -0.2) is 13.2 Å². The fourth-order valence-corrected chi connectivity index (χ4v) is 4.32. The molecule has 0 aliphatic carbocycles. The number of sulfonamides is 1. The summed E-state index contributed by atoms with van der Waals surface area (Å²) in [5.41, 5.74) is 0. The smallest absolute Gasteiger partial charge is 0.315 e. The highest BCUT2D eigenvalue weighted by atomic mass is 32.2. The summed E-state index contributed by atoms with van der Waals surface area (Å²) in [5.74, 6) is 1.16. The van der Waals surface area contributed by atoms with E-state index in [9.17, 15) is 13.2 Å². The van der Waals surface area contributed by atoms with Crippen molar-refractivity contribution in [3.8, 4) is 5.75 Å². The Morgan fingerprint density at radius 3 is 2.38 bits per heavy atom. The maximum Gasteiger partial charge on any atom is 0.315 e. The summed E-state index contributed by atoms with van der Waals surface area (Å²) in [7, 11) is -1.97. The van der Waals surface area contributed by atoms with Crippen molar-refractivity contribution < 1.29 is 17.9 Å². The van der Waals surface area contributed by atoms with Crippen LogP contribution >= 0.6 is 0 Å². The summed E-state index contributed by atoms with van der Waals surface area (Å²) >= 11 is 0. The molecule has 0 bridgehead atoms. The highest BCUT2D eigenvalue weighted by molar-refractivity contribution is 7.89. The lowest BCUT2D eigenvalue weighted by Gasteiger charge is -2.31. The van der Waals surface area contributed by atoms with Gasteiger partial charge in [0.25, 0.3) is 0 Å². The number of hydrogen-bond donors (Lipinski definition) is 2. The molecule has 8 heteroatoms. The molecular weight excluding hydrogens is 354 g/mol. The Labute approximate surface area is 156 Å². The van der Waals surface area contributed by atoms with Crippen molar-refractivity contribution >= 4 is 16.1 Å². The van der Waals surface area contributed by atoms with Crippen molar-refractivity contribution in [2.45, 2.75) is 44.0 Å². The average Bonchev–Trinajstić information content (AvgIpc) is 2.62. The van der Waals surface area contributed by atoms with Gasteiger partial charge in [0.2, 0.25) is 10.0 Å². The largest absolute Gasteiger partial charge is 0.497 e. The van der Waals surface area contributed by atoms with Crippen LogP contribution in [-0.2, 0) is 10.0 Å². The molecule has 0 saturated carbocycles. The first-order valence-corrected chi connectivity index (χ1v) is 10.5. The predicted octanol–water partition coefficient (Wildman–Crippen LogP) is 2.19. The number of nitrogens with zero attached hydrogens (tertiary/aromatic N) is 1. The van der Waals surface area contributed by atoms with Gasteiger partial charge in [-0.2, -0.15) is 4.31 Å². The van der Waals surface area contributed by atoms with E-state index < -0.39 is 10.0 Å². The Kier molecular flexibility index (Phi) is 7.28. The van der Waals surface area contributed by atoms with E-state index in [1.165, 1.54) is 4.31 Å². The molecule has 1 saturated heterocycles. The summed E-state index contributed by atoms with van der Waals surface area (Å²) in [6.45, 7) is 5.65. The van der Waals surface area contributed by atoms with Crippen LogP contribution < -0.4 is 15.4 Å². The lowest BCUT2D eigenvalue weighted by molar-refractivity contribution is 0.227. The summed E-state index contributed by atoms with van der Waals surface area (Å²) in [6.07, 6.45) is 2.14. The number of amides is 2. The number of carbonyl (C=O) groups excluding carboxylic acids is 1. The van der Waals surface area contributed by atoms with Crippen LogP contribution in [0.25, 0.3) is 0 Å². The van der Waals surface area contributed by atoms with E-state index >= 15 is 0 Å². The Bertz CT molecular complexity index is 681. The number of hydrogen-bond acceptors (Lipinski definition) is 4. The third kappa shape index (κ3) is 5.60. The number of methoxy groups -OCH3 is 1. The second-order valence-electron chi connectivity index (χ2n) is 6.94. The second kappa shape index (κ2) is 9.23. The molecule has 1 fully saturated rings. The quantitative estimate of drug-likeness (QED) is 0.756. The van der Waals surface area contributed by atoms with Crippen molar-refractivity contribution in [3.05, 3.63) is 24.3 Å². The second-order valence-corrected chi connectivity index (χ2v) is 8.87. The maximum absolute atomic E-state index is 12.7. The summed E-state index contributed by atoms with van der Waals surface area (Å²) in [5, 5.41) is 5.78. The van der Waals surface area contributed by atoms with Gasteiger partial charge < -0.3 is 15.4 Å². The monoisotopic (exact) mass is 383 g/mol. The number of nitrogens with one attached hydrogen (secondary N) is 2. The lowest BCUT2D eigenvalue weighted by Crippen LogP contribution is -2.49. The number of benzene rings is 1. The molecule has 2 amide bonds. The molecule has 26 heavy (non-hydrogen) atoms. The molecule has 0 spiro atoms. The van der Waals surface area contributed by atoms with Crippen molar-refractivity contribution in [2.75, 3.05) is 26.7 Å². The Morgan fingerprint density at radius 1 is 1.23 bits per heavy atom. The average molecular weight is 384 g/mol. The van der Waals surface area contributed by atoms with E-state index in [2.05, 4.69) is 24.5 Å². The standard InChI is InChI=1S/C18H29N3O4S/c1-14(2)8-11-19-18(22)20-15-9-12-21(13-10-15)26(23,24)17-6-4-16(25-3)5-7-17/h4-7,14-15H,8-13H2,1-3H3,(H2,19,20,22). The molecule has 1 aromatic carbocycles. The summed E-state index contributed by atoms with van der Waals surface area (Å²) in [6, 6.07) is 6.21. The number of urea groups is 1. The van der Waals surface area contributed by atoms with Gasteiger partial charge in [-0.15, -0.1) is 0 Å². The SMILES string of the molecule is COc1ccc(S(=O)(=O)N2CCC(NC(=O)NCCC(C)C)CC2)cc1. The van der Waals surface area contributed by atoms with Crippen LogP contribution in [0.1, 0.15) is 33.1 Å². The fourth-order valence-electron chi connectivity index (χ4n) is 2.85.